The predicted octanol–water partition coefficient (Wildman–Crippen LogP) is 0.771. The zero-order chi connectivity index (χ0) is 14.9. The molecule has 0 spiro atoms. The first kappa shape index (κ1) is 14.5. The van der Waals surface area contributed by atoms with E-state index in [-0.39, 0.29) is 4.90 Å². The summed E-state index contributed by atoms with van der Waals surface area (Å²) in [5, 5.41) is 2.46. The van der Waals surface area contributed by atoms with Gasteiger partial charge in [-0.15, -0.1) is 0 Å². The number of para-hydroxylation sites is 1. The van der Waals surface area contributed by atoms with Gasteiger partial charge in [-0.1, -0.05) is 6.07 Å². The smallest absolute Gasteiger partial charge is 0.312 e. The van der Waals surface area contributed by atoms with Crippen LogP contribution in [0.15, 0.2) is 23.1 Å². The molecule has 2 rings (SSSR count). The summed E-state index contributed by atoms with van der Waals surface area (Å²) < 4.78 is 25.6. The largest absolute Gasteiger partial charge is 0.352 e. The number of benzene rings is 1. The fourth-order valence-electron chi connectivity index (χ4n) is 1.98. The van der Waals surface area contributed by atoms with Gasteiger partial charge in [0.05, 0.1) is 15.9 Å². The van der Waals surface area contributed by atoms with Gasteiger partial charge in [0.15, 0.2) is 14.6 Å². The van der Waals surface area contributed by atoms with Crippen molar-refractivity contribution in [3.63, 3.8) is 0 Å². The Labute approximate surface area is 120 Å². The third-order valence-electron chi connectivity index (χ3n) is 2.81. The van der Waals surface area contributed by atoms with Crippen LogP contribution in [0.1, 0.15) is 0 Å². The molecule has 1 aromatic carbocycles. The van der Waals surface area contributed by atoms with Crippen molar-refractivity contribution in [3.05, 3.63) is 23.0 Å². The van der Waals surface area contributed by atoms with Crippen LogP contribution in [0, 0.1) is 4.77 Å². The summed E-state index contributed by atoms with van der Waals surface area (Å²) in [5.74, 6) is 0. The van der Waals surface area contributed by atoms with Crippen LogP contribution in [0.2, 0.25) is 0 Å². The Morgan fingerprint density at radius 2 is 2.20 bits per heavy atom. The fourth-order valence-corrected chi connectivity index (χ4v) is 3.12. The van der Waals surface area contributed by atoms with Crippen LogP contribution in [-0.2, 0) is 16.4 Å². The lowest BCUT2D eigenvalue weighted by molar-refractivity contribution is 0.248. The first-order valence-corrected chi connectivity index (χ1v) is 8.05. The van der Waals surface area contributed by atoms with Crippen molar-refractivity contribution >= 4 is 39.1 Å². The normalized spacial score (nSPS) is 11.7. The summed E-state index contributed by atoms with van der Waals surface area (Å²) in [7, 11) is -3.35. The number of sulfone groups is 1. The molecule has 0 radical (unpaired) electrons. The zero-order valence-electron chi connectivity index (χ0n) is 10.7. The number of nitrogens with two attached hydrogens (primary N) is 1. The van der Waals surface area contributed by atoms with E-state index in [1.165, 1.54) is 6.07 Å². The Hall–Kier alpha value is -1.87. The molecule has 0 bridgehead atoms. The molecular formula is C11H14N4O3S2. The number of fused-ring (bicyclic) bond motifs is 1. The van der Waals surface area contributed by atoms with Crippen LogP contribution in [0.4, 0.5) is 4.79 Å². The fraction of sp³-hybridized carbons (Fsp3) is 0.273. The van der Waals surface area contributed by atoms with Gasteiger partial charge in [-0.2, -0.15) is 0 Å². The van der Waals surface area contributed by atoms with Crippen molar-refractivity contribution in [1.82, 2.24) is 14.9 Å². The number of urea groups is 1. The highest BCUT2D eigenvalue weighted by molar-refractivity contribution is 7.91. The van der Waals surface area contributed by atoms with Gasteiger partial charge in [-0.3, -0.25) is 0 Å². The van der Waals surface area contributed by atoms with Gasteiger partial charge in [0.1, 0.15) is 0 Å². The third-order valence-corrected chi connectivity index (χ3v) is 4.27. The SMILES string of the molecule is CS(=O)(=O)c1cccc2c1[nH]c(=S)n2CCNC(N)=O. The highest BCUT2D eigenvalue weighted by Gasteiger charge is 2.15. The topological polar surface area (TPSA) is 110 Å². The van der Waals surface area contributed by atoms with E-state index in [1.807, 2.05) is 0 Å². The van der Waals surface area contributed by atoms with Crippen molar-refractivity contribution in [2.24, 2.45) is 5.73 Å². The predicted molar refractivity (Wildman–Crippen MR) is 77.8 cm³/mol. The van der Waals surface area contributed by atoms with Crippen LogP contribution in [0.3, 0.4) is 0 Å². The van der Waals surface area contributed by atoms with Gasteiger partial charge < -0.3 is 20.6 Å². The van der Waals surface area contributed by atoms with E-state index >= 15 is 0 Å². The maximum Gasteiger partial charge on any atom is 0.312 e. The monoisotopic (exact) mass is 314 g/mol. The molecule has 1 aromatic heterocycles. The standard InChI is InChI=1S/C11H14N4O3S2/c1-20(17,18)8-4-2-3-7-9(8)14-11(19)15(7)6-5-13-10(12)16/h2-4H,5-6H2,1H3,(H,14,19)(H3,12,13,16). The Bertz CT molecular complexity index is 820. The summed E-state index contributed by atoms with van der Waals surface area (Å²) in [6.07, 6.45) is 1.14. The van der Waals surface area contributed by atoms with Crippen molar-refractivity contribution in [2.75, 3.05) is 12.8 Å². The second-order valence-corrected chi connectivity index (χ2v) is 6.67. The second kappa shape index (κ2) is 5.25. The van der Waals surface area contributed by atoms with E-state index in [0.29, 0.717) is 28.9 Å². The molecule has 20 heavy (non-hydrogen) atoms. The molecule has 0 aliphatic carbocycles. The lowest BCUT2D eigenvalue weighted by Crippen LogP contribution is -2.32. The maximum atomic E-state index is 11.7. The molecule has 0 unspecified atom stereocenters. The molecule has 4 N–H and O–H groups in total. The average molecular weight is 314 g/mol. The van der Waals surface area contributed by atoms with E-state index in [4.69, 9.17) is 18.0 Å². The van der Waals surface area contributed by atoms with E-state index in [2.05, 4.69) is 10.3 Å². The number of amides is 2. The summed E-state index contributed by atoms with van der Waals surface area (Å²) >= 11 is 5.18. The quantitative estimate of drug-likeness (QED) is 0.724. The van der Waals surface area contributed by atoms with Gasteiger partial charge >= 0.3 is 6.03 Å². The molecule has 7 nitrogen and oxygen atoms in total. The zero-order valence-corrected chi connectivity index (χ0v) is 12.3. The van der Waals surface area contributed by atoms with E-state index in [9.17, 15) is 13.2 Å². The van der Waals surface area contributed by atoms with Gasteiger partial charge in [-0.25, -0.2) is 13.2 Å². The van der Waals surface area contributed by atoms with E-state index in [1.54, 1.807) is 16.7 Å². The molecular weight excluding hydrogens is 300 g/mol. The van der Waals surface area contributed by atoms with Gasteiger partial charge in [0.25, 0.3) is 0 Å². The van der Waals surface area contributed by atoms with Crippen molar-refractivity contribution < 1.29 is 13.2 Å². The molecule has 0 saturated heterocycles. The number of H-pyrrole nitrogens is 1. The van der Waals surface area contributed by atoms with Gasteiger partial charge in [0.2, 0.25) is 0 Å². The summed E-state index contributed by atoms with van der Waals surface area (Å²) in [6, 6.07) is 4.32. The molecule has 2 aromatic rings. The number of aromatic amines is 1. The molecule has 1 heterocycles. The Morgan fingerprint density at radius 3 is 2.80 bits per heavy atom. The minimum absolute atomic E-state index is 0.197. The number of hydrogen-bond acceptors (Lipinski definition) is 4. The van der Waals surface area contributed by atoms with Crippen LogP contribution >= 0.6 is 12.2 Å². The number of hydrogen-bond donors (Lipinski definition) is 3. The molecule has 0 aliphatic rings. The number of carbonyl (C=O) groups is 1. The van der Waals surface area contributed by atoms with Crippen LogP contribution in [0.25, 0.3) is 11.0 Å². The highest BCUT2D eigenvalue weighted by atomic mass is 32.2. The van der Waals surface area contributed by atoms with Crippen LogP contribution < -0.4 is 11.1 Å². The minimum atomic E-state index is -3.35. The molecule has 108 valence electrons. The van der Waals surface area contributed by atoms with Crippen LogP contribution in [0.5, 0.6) is 0 Å². The number of imidazole rings is 1. The number of carbonyl (C=O) groups excluding carboxylic acids is 1. The Morgan fingerprint density at radius 1 is 1.50 bits per heavy atom. The maximum absolute atomic E-state index is 11.7. The Balaban J connectivity index is 2.50. The summed E-state index contributed by atoms with van der Waals surface area (Å²) in [4.78, 5) is 13.7. The van der Waals surface area contributed by atoms with E-state index < -0.39 is 15.9 Å². The molecule has 0 aliphatic heterocycles. The first-order valence-electron chi connectivity index (χ1n) is 5.75. The van der Waals surface area contributed by atoms with Gasteiger partial charge in [-0.05, 0) is 24.4 Å². The molecule has 0 saturated carbocycles. The van der Waals surface area contributed by atoms with Crippen molar-refractivity contribution in [3.8, 4) is 0 Å². The van der Waals surface area contributed by atoms with Crippen LogP contribution in [-0.4, -0.2) is 36.8 Å². The third kappa shape index (κ3) is 2.83. The van der Waals surface area contributed by atoms with Gasteiger partial charge in [0, 0.05) is 19.3 Å². The van der Waals surface area contributed by atoms with E-state index in [0.717, 1.165) is 6.26 Å². The number of aromatic nitrogens is 2. The molecule has 0 fully saturated rings. The number of rotatable bonds is 4. The lowest BCUT2D eigenvalue weighted by Gasteiger charge is -2.05. The second-order valence-electron chi connectivity index (χ2n) is 4.30. The number of primary amides is 1. The van der Waals surface area contributed by atoms with Crippen molar-refractivity contribution in [2.45, 2.75) is 11.4 Å². The number of nitrogens with zero attached hydrogens (tertiary/aromatic N) is 1. The molecule has 9 heteroatoms. The first-order chi connectivity index (χ1) is 9.30. The molecule has 2 amide bonds. The highest BCUT2D eigenvalue weighted by Crippen LogP contribution is 2.22. The lowest BCUT2D eigenvalue weighted by atomic mass is 10.3. The average Bonchev–Trinajstić information content (AvgIpc) is 2.64. The summed E-state index contributed by atoms with van der Waals surface area (Å²) in [5.41, 5.74) is 6.13. The van der Waals surface area contributed by atoms with Crippen molar-refractivity contribution in [1.29, 1.82) is 0 Å². The number of nitrogens with one attached hydrogen (secondary N) is 2. The minimum Gasteiger partial charge on any atom is -0.352 e. The molecule has 0 atom stereocenters. The summed E-state index contributed by atoms with van der Waals surface area (Å²) in [6.45, 7) is 0.703. The Kier molecular flexibility index (Phi) is 3.82.